The lowest BCUT2D eigenvalue weighted by molar-refractivity contribution is -0.301. The van der Waals surface area contributed by atoms with E-state index in [0.29, 0.717) is 13.0 Å². The average Bonchev–Trinajstić information content (AvgIpc) is 3.09. The summed E-state index contributed by atoms with van der Waals surface area (Å²) >= 11 is 0. The van der Waals surface area contributed by atoms with Crippen molar-refractivity contribution < 1.29 is 56.2 Å². The van der Waals surface area contributed by atoms with Gasteiger partial charge in [-0.1, -0.05) is 155 Å². The molecule has 4 N–H and O–H groups in total. The molecule has 12 nitrogen and oxygen atoms in total. The quantitative estimate of drug-likeness (QED) is 0.0288. The first-order valence-electron chi connectivity index (χ1n) is 20.3. The second kappa shape index (κ2) is 31.5. The molecule has 6 atom stereocenters. The fourth-order valence-corrected chi connectivity index (χ4v) is 6.89. The highest BCUT2D eigenvalue weighted by molar-refractivity contribution is 7.80. The van der Waals surface area contributed by atoms with Gasteiger partial charge in [0.25, 0.3) is 0 Å². The van der Waals surface area contributed by atoms with E-state index in [0.717, 1.165) is 44.9 Å². The van der Waals surface area contributed by atoms with Crippen molar-refractivity contribution in [2.75, 3.05) is 26.4 Å². The molecule has 0 aliphatic carbocycles. The van der Waals surface area contributed by atoms with Crippen LogP contribution in [0.25, 0.3) is 0 Å². The SMILES string of the molecule is CCCCCCCCCCCCCCCCCCCCOCC(COC1OC(CO)C(O)C(OS(=O)(=O)O)C1O)OC(=O)CCCCCCCC. The molecule has 13 heteroatoms. The van der Waals surface area contributed by atoms with E-state index in [2.05, 4.69) is 18.0 Å². The van der Waals surface area contributed by atoms with E-state index >= 15 is 0 Å². The van der Waals surface area contributed by atoms with Crippen LogP contribution < -0.4 is 0 Å². The van der Waals surface area contributed by atoms with Crippen molar-refractivity contribution >= 4 is 16.4 Å². The van der Waals surface area contributed by atoms with Crippen molar-refractivity contribution in [2.45, 2.75) is 211 Å². The van der Waals surface area contributed by atoms with Crippen LogP contribution in [0.2, 0.25) is 0 Å². The van der Waals surface area contributed by atoms with Crippen LogP contribution in [0.15, 0.2) is 0 Å². The molecule has 6 unspecified atom stereocenters. The molecule has 1 aliphatic rings. The monoisotopic (exact) mass is 754 g/mol. The smallest absolute Gasteiger partial charge is 0.397 e. The highest BCUT2D eigenvalue weighted by atomic mass is 32.3. The Morgan fingerprint density at radius 3 is 1.57 bits per heavy atom. The van der Waals surface area contributed by atoms with E-state index in [1.807, 2.05) is 0 Å². The Bertz CT molecular complexity index is 921. The third kappa shape index (κ3) is 25.7. The highest BCUT2D eigenvalue weighted by Crippen LogP contribution is 2.26. The average molecular weight is 755 g/mol. The number of aliphatic hydroxyl groups is 3. The number of aliphatic hydroxyl groups excluding tert-OH is 3. The zero-order chi connectivity index (χ0) is 37.6. The molecule has 1 fully saturated rings. The first kappa shape index (κ1) is 48.1. The number of hydrogen-bond acceptors (Lipinski definition) is 11. The number of ether oxygens (including phenoxy) is 4. The van der Waals surface area contributed by atoms with Crippen LogP contribution in [0, 0.1) is 0 Å². The summed E-state index contributed by atoms with van der Waals surface area (Å²) in [6.45, 7) is 3.93. The van der Waals surface area contributed by atoms with Gasteiger partial charge in [-0.05, 0) is 12.8 Å². The summed E-state index contributed by atoms with van der Waals surface area (Å²) in [6.07, 6.45) is 20.4. The maximum atomic E-state index is 12.6. The molecule has 0 aromatic carbocycles. The van der Waals surface area contributed by atoms with Crippen LogP contribution in [0.3, 0.4) is 0 Å². The van der Waals surface area contributed by atoms with Gasteiger partial charge < -0.3 is 34.3 Å². The zero-order valence-corrected chi connectivity index (χ0v) is 32.7. The van der Waals surface area contributed by atoms with Gasteiger partial charge >= 0.3 is 16.4 Å². The topological polar surface area (TPSA) is 178 Å². The third-order valence-electron chi connectivity index (χ3n) is 9.48. The minimum absolute atomic E-state index is 0.0427. The van der Waals surface area contributed by atoms with Crippen LogP contribution in [0.1, 0.15) is 174 Å². The Hall–Kier alpha value is -0.900. The van der Waals surface area contributed by atoms with Gasteiger partial charge in [0.2, 0.25) is 0 Å². The number of esters is 1. The maximum absolute atomic E-state index is 12.6. The lowest BCUT2D eigenvalue weighted by Crippen LogP contribution is -2.60. The van der Waals surface area contributed by atoms with Gasteiger partial charge in [0.15, 0.2) is 6.29 Å². The maximum Gasteiger partial charge on any atom is 0.397 e. The predicted molar refractivity (Wildman–Crippen MR) is 198 cm³/mol. The molecule has 1 rings (SSSR count). The molecule has 304 valence electrons. The summed E-state index contributed by atoms with van der Waals surface area (Å²) < 4.78 is 58.6. The van der Waals surface area contributed by atoms with E-state index in [4.69, 9.17) is 23.5 Å². The fraction of sp³-hybridized carbons (Fsp3) is 0.974. The molecule has 0 amide bonds. The van der Waals surface area contributed by atoms with E-state index in [1.54, 1.807) is 0 Å². The Morgan fingerprint density at radius 2 is 1.12 bits per heavy atom. The summed E-state index contributed by atoms with van der Waals surface area (Å²) in [5, 5.41) is 30.4. The first-order valence-corrected chi connectivity index (χ1v) is 21.7. The largest absolute Gasteiger partial charge is 0.457 e. The molecule has 1 aliphatic heterocycles. The Kier molecular flexibility index (Phi) is 29.7. The number of carbonyl (C=O) groups is 1. The van der Waals surface area contributed by atoms with Crippen molar-refractivity contribution in [2.24, 2.45) is 0 Å². The molecule has 0 aromatic rings. The van der Waals surface area contributed by atoms with Gasteiger partial charge in [0, 0.05) is 13.0 Å². The molecule has 0 bridgehead atoms. The van der Waals surface area contributed by atoms with Crippen LogP contribution >= 0.6 is 0 Å². The van der Waals surface area contributed by atoms with E-state index in [1.165, 1.54) is 103 Å². The number of hydrogen-bond donors (Lipinski definition) is 4. The van der Waals surface area contributed by atoms with Crippen LogP contribution in [0.5, 0.6) is 0 Å². The van der Waals surface area contributed by atoms with Gasteiger partial charge in [-0.3, -0.25) is 9.35 Å². The Balaban J connectivity index is 2.35. The van der Waals surface area contributed by atoms with Crippen LogP contribution in [0.4, 0.5) is 0 Å². The van der Waals surface area contributed by atoms with Crippen molar-refractivity contribution in [3.8, 4) is 0 Å². The number of carbonyl (C=O) groups excluding carboxylic acids is 1. The molecule has 0 aromatic heterocycles. The summed E-state index contributed by atoms with van der Waals surface area (Å²) in [5.74, 6) is -0.405. The van der Waals surface area contributed by atoms with Gasteiger partial charge in [-0.25, -0.2) is 4.18 Å². The molecular weight excluding hydrogens is 680 g/mol. The normalized spacial score (nSPS) is 21.6. The Morgan fingerprint density at radius 1 is 0.667 bits per heavy atom. The van der Waals surface area contributed by atoms with Crippen molar-refractivity contribution in [3.05, 3.63) is 0 Å². The number of unbranched alkanes of at least 4 members (excludes halogenated alkanes) is 22. The standard InChI is InChI=1S/C38H74O12S/c1-3-5-7-9-11-12-13-14-15-16-17-18-19-20-21-22-24-26-28-46-30-32(48-34(40)27-25-23-10-8-6-4-2)31-47-38-36(42)37(50-51(43,44)45)35(41)33(29-39)49-38/h32-33,35-39,41-42H,3-31H2,1-2H3,(H,43,44,45). The molecule has 51 heavy (non-hydrogen) atoms. The van der Waals surface area contributed by atoms with E-state index in [9.17, 15) is 28.5 Å². The van der Waals surface area contributed by atoms with Crippen LogP contribution in [-0.4, -0.2) is 97.5 Å². The minimum atomic E-state index is -5.05. The molecule has 0 radical (unpaired) electrons. The van der Waals surface area contributed by atoms with Gasteiger partial charge in [-0.15, -0.1) is 0 Å². The lowest BCUT2D eigenvalue weighted by Gasteiger charge is -2.41. The zero-order valence-electron chi connectivity index (χ0n) is 31.9. The summed E-state index contributed by atoms with van der Waals surface area (Å²) in [5.41, 5.74) is 0. The van der Waals surface area contributed by atoms with Crippen molar-refractivity contribution in [1.82, 2.24) is 0 Å². The predicted octanol–water partition coefficient (Wildman–Crippen LogP) is 7.35. The number of rotatable bonds is 35. The summed E-state index contributed by atoms with van der Waals surface area (Å²) in [4.78, 5) is 12.6. The molecule has 0 spiro atoms. The van der Waals surface area contributed by atoms with Gasteiger partial charge in [-0.2, -0.15) is 8.42 Å². The molecule has 1 saturated heterocycles. The summed E-state index contributed by atoms with van der Waals surface area (Å²) in [6, 6.07) is 0. The molecular formula is C38H74O12S. The minimum Gasteiger partial charge on any atom is -0.457 e. The van der Waals surface area contributed by atoms with Crippen molar-refractivity contribution in [1.29, 1.82) is 0 Å². The van der Waals surface area contributed by atoms with Gasteiger partial charge in [0.05, 0.1) is 19.8 Å². The lowest BCUT2D eigenvalue weighted by atomic mass is 9.99. The van der Waals surface area contributed by atoms with Gasteiger partial charge in [0.1, 0.15) is 30.5 Å². The summed E-state index contributed by atoms with van der Waals surface area (Å²) in [7, 11) is -5.05. The second-order valence-corrected chi connectivity index (χ2v) is 15.3. The first-order chi connectivity index (χ1) is 24.6. The highest BCUT2D eigenvalue weighted by Gasteiger charge is 2.48. The third-order valence-corrected chi connectivity index (χ3v) is 9.94. The molecule has 0 saturated carbocycles. The van der Waals surface area contributed by atoms with E-state index in [-0.39, 0.29) is 19.6 Å². The molecule has 1 heterocycles. The van der Waals surface area contributed by atoms with Crippen molar-refractivity contribution in [3.63, 3.8) is 0 Å². The second-order valence-electron chi connectivity index (χ2n) is 14.2. The van der Waals surface area contributed by atoms with E-state index < -0.39 is 59.8 Å². The van der Waals surface area contributed by atoms with Crippen LogP contribution in [-0.2, 0) is 38.3 Å². The fourth-order valence-electron chi connectivity index (χ4n) is 6.38. The Labute approximate surface area is 309 Å².